The summed E-state index contributed by atoms with van der Waals surface area (Å²) >= 11 is 0. The van der Waals surface area contributed by atoms with E-state index in [1.54, 1.807) is 6.08 Å². The zero-order valence-electron chi connectivity index (χ0n) is 19.1. The van der Waals surface area contributed by atoms with Gasteiger partial charge in [0.05, 0.1) is 17.7 Å². The first-order valence-electron chi connectivity index (χ1n) is 12.0. The molecular weight excluding hydrogens is 428 g/mol. The number of allylic oxidation sites excluding steroid dienone is 3. The predicted molar refractivity (Wildman–Crippen MR) is 143 cm³/mol. The molecule has 7 rings (SSSR count). The van der Waals surface area contributed by atoms with Gasteiger partial charge in [0.15, 0.2) is 0 Å². The lowest BCUT2D eigenvalue weighted by Gasteiger charge is -2.18. The number of furan rings is 1. The van der Waals surface area contributed by atoms with Gasteiger partial charge < -0.3 is 9.73 Å². The molecule has 0 bridgehead atoms. The summed E-state index contributed by atoms with van der Waals surface area (Å²) in [7, 11) is 0. The van der Waals surface area contributed by atoms with Crippen molar-refractivity contribution in [1.82, 2.24) is 5.32 Å². The summed E-state index contributed by atoms with van der Waals surface area (Å²) in [5.74, 6) is 0. The third-order valence-corrected chi connectivity index (χ3v) is 7.24. The van der Waals surface area contributed by atoms with Gasteiger partial charge in [0.2, 0.25) is 0 Å². The molecule has 2 aliphatic rings. The molecule has 0 fully saturated rings. The number of hydrogen-bond donors (Lipinski definition) is 1. The Hall–Kier alpha value is -4.55. The van der Waals surface area contributed by atoms with Crippen molar-refractivity contribution < 1.29 is 4.42 Å². The quantitative estimate of drug-likeness (QED) is 0.297. The molecule has 1 aliphatic heterocycles. The molecule has 3 nitrogen and oxygen atoms in total. The number of fused-ring (bicyclic) bond motifs is 7. The third kappa shape index (κ3) is 3.11. The molecule has 166 valence electrons. The molecule has 1 aromatic heterocycles. The van der Waals surface area contributed by atoms with Gasteiger partial charge >= 0.3 is 0 Å². The Morgan fingerprint density at radius 2 is 1.74 bits per heavy atom. The molecule has 1 aliphatic carbocycles. The van der Waals surface area contributed by atoms with E-state index in [1.165, 1.54) is 32.7 Å². The van der Waals surface area contributed by atoms with Gasteiger partial charge in [0.25, 0.3) is 0 Å². The van der Waals surface area contributed by atoms with E-state index < -0.39 is 0 Å². The van der Waals surface area contributed by atoms with Crippen LogP contribution in [0.2, 0.25) is 0 Å². The summed E-state index contributed by atoms with van der Waals surface area (Å²) in [6, 6.07) is 26.0. The highest BCUT2D eigenvalue weighted by Crippen LogP contribution is 2.43. The Morgan fingerprint density at radius 1 is 0.886 bits per heavy atom. The van der Waals surface area contributed by atoms with Crippen LogP contribution in [0.5, 0.6) is 0 Å². The lowest BCUT2D eigenvalue weighted by atomic mass is 9.90. The topological polar surface area (TPSA) is 49.0 Å². The summed E-state index contributed by atoms with van der Waals surface area (Å²) in [5.41, 5.74) is 8.66. The van der Waals surface area contributed by atoms with Gasteiger partial charge in [0.1, 0.15) is 11.2 Å². The number of rotatable bonds is 2. The standard InChI is InChI=1S/C32H22N2O/c33-19-20-15-16-34-28(17-20)23-11-9-22(10-12-23)27-18-30-32(26-8-4-3-7-25(26)27)31-24-6-2-1-5-21(24)13-14-29(31)35-30/h2-4,6-18,28,34H,1,5H2. The number of nitrogens with zero attached hydrogens (tertiary/aromatic N) is 1. The van der Waals surface area contributed by atoms with Crippen molar-refractivity contribution in [1.29, 1.82) is 5.26 Å². The van der Waals surface area contributed by atoms with Crippen molar-refractivity contribution in [2.24, 2.45) is 0 Å². The average molecular weight is 451 g/mol. The van der Waals surface area contributed by atoms with Crippen molar-refractivity contribution in [3.05, 3.63) is 113 Å². The van der Waals surface area contributed by atoms with Crippen LogP contribution in [-0.4, -0.2) is 0 Å². The molecular formula is C32H22N2O. The van der Waals surface area contributed by atoms with Crippen LogP contribution in [-0.2, 0) is 6.42 Å². The Labute approximate surface area is 203 Å². The largest absolute Gasteiger partial charge is 0.456 e. The van der Waals surface area contributed by atoms with E-state index in [2.05, 4.69) is 90.3 Å². The molecule has 0 spiro atoms. The molecule has 35 heavy (non-hydrogen) atoms. The van der Waals surface area contributed by atoms with E-state index in [9.17, 15) is 5.26 Å². The fourth-order valence-electron chi connectivity index (χ4n) is 5.54. The number of aryl methyl sites for hydroxylation is 1. The summed E-state index contributed by atoms with van der Waals surface area (Å²) in [4.78, 5) is 0. The first kappa shape index (κ1) is 19.9. The number of dihydropyridines is 1. The fraction of sp³-hybridized carbons (Fsp3) is 0.0938. The van der Waals surface area contributed by atoms with Crippen LogP contribution < -0.4 is 5.32 Å². The average Bonchev–Trinajstić information content (AvgIpc) is 3.32. The zero-order chi connectivity index (χ0) is 23.4. The number of benzene rings is 4. The van der Waals surface area contributed by atoms with E-state index in [-0.39, 0.29) is 6.04 Å². The van der Waals surface area contributed by atoms with Crippen LogP contribution in [0.4, 0.5) is 0 Å². The van der Waals surface area contributed by atoms with Crippen LogP contribution in [0.25, 0.3) is 49.9 Å². The molecule has 3 heteroatoms. The molecule has 1 atom stereocenters. The molecule has 0 radical (unpaired) electrons. The highest BCUT2D eigenvalue weighted by Gasteiger charge is 2.19. The first-order valence-corrected chi connectivity index (χ1v) is 12.0. The molecule has 0 saturated heterocycles. The third-order valence-electron chi connectivity index (χ3n) is 7.24. The van der Waals surface area contributed by atoms with Gasteiger partial charge in [-0.25, -0.2) is 0 Å². The van der Waals surface area contributed by atoms with Gasteiger partial charge in [-0.15, -0.1) is 0 Å². The molecule has 5 aromatic rings. The SMILES string of the molecule is N#CC1=CC(c2ccc(-c3cc4oc5ccc6c(c5c4c4ccccc34)C=CCC6)cc2)NC=C1. The van der Waals surface area contributed by atoms with Crippen molar-refractivity contribution in [2.45, 2.75) is 18.9 Å². The van der Waals surface area contributed by atoms with Crippen LogP contribution in [0.3, 0.4) is 0 Å². The minimum absolute atomic E-state index is 0.00229. The number of nitrogens with one attached hydrogen (secondary N) is 1. The Kier molecular flexibility index (Phi) is 4.40. The second kappa shape index (κ2) is 7.75. The summed E-state index contributed by atoms with van der Waals surface area (Å²) in [6.45, 7) is 0. The summed E-state index contributed by atoms with van der Waals surface area (Å²) < 4.78 is 6.44. The van der Waals surface area contributed by atoms with E-state index in [0.717, 1.165) is 40.7 Å². The predicted octanol–water partition coefficient (Wildman–Crippen LogP) is 7.97. The van der Waals surface area contributed by atoms with Gasteiger partial charge in [-0.1, -0.05) is 66.7 Å². The smallest absolute Gasteiger partial charge is 0.136 e. The van der Waals surface area contributed by atoms with E-state index in [4.69, 9.17) is 4.42 Å². The van der Waals surface area contributed by atoms with Crippen molar-refractivity contribution in [3.8, 4) is 17.2 Å². The van der Waals surface area contributed by atoms with Crippen molar-refractivity contribution >= 4 is 38.8 Å². The monoisotopic (exact) mass is 450 g/mol. The minimum atomic E-state index is -0.00229. The highest BCUT2D eigenvalue weighted by molar-refractivity contribution is 6.23. The second-order valence-corrected chi connectivity index (χ2v) is 9.23. The second-order valence-electron chi connectivity index (χ2n) is 9.23. The lowest BCUT2D eigenvalue weighted by Crippen LogP contribution is -2.16. The molecule has 0 amide bonds. The van der Waals surface area contributed by atoms with Crippen molar-refractivity contribution in [3.63, 3.8) is 0 Å². The maximum atomic E-state index is 9.24. The Balaban J connectivity index is 1.42. The summed E-state index contributed by atoms with van der Waals surface area (Å²) in [5, 5.41) is 17.4. The van der Waals surface area contributed by atoms with Gasteiger partial charge in [-0.05, 0) is 81.9 Å². The van der Waals surface area contributed by atoms with Crippen LogP contribution in [0, 0.1) is 11.3 Å². The van der Waals surface area contributed by atoms with Crippen molar-refractivity contribution in [2.75, 3.05) is 0 Å². The number of nitriles is 1. The maximum absolute atomic E-state index is 9.24. The van der Waals surface area contributed by atoms with Crippen LogP contribution in [0.15, 0.2) is 101 Å². The molecule has 0 saturated carbocycles. The highest BCUT2D eigenvalue weighted by atomic mass is 16.3. The van der Waals surface area contributed by atoms with E-state index in [1.807, 2.05) is 12.3 Å². The van der Waals surface area contributed by atoms with Gasteiger partial charge in [0, 0.05) is 10.8 Å². The molecule has 1 N–H and O–H groups in total. The zero-order valence-corrected chi connectivity index (χ0v) is 19.1. The normalized spacial score (nSPS) is 16.8. The van der Waals surface area contributed by atoms with Gasteiger partial charge in [-0.3, -0.25) is 0 Å². The fourth-order valence-corrected chi connectivity index (χ4v) is 5.54. The number of hydrogen-bond acceptors (Lipinski definition) is 3. The molecule has 2 heterocycles. The van der Waals surface area contributed by atoms with E-state index in [0.29, 0.717) is 5.57 Å². The molecule has 4 aromatic carbocycles. The maximum Gasteiger partial charge on any atom is 0.136 e. The Bertz CT molecular complexity index is 1770. The molecule has 1 unspecified atom stereocenters. The lowest BCUT2D eigenvalue weighted by molar-refractivity contribution is 0.669. The van der Waals surface area contributed by atoms with E-state index >= 15 is 0 Å². The summed E-state index contributed by atoms with van der Waals surface area (Å²) in [6.07, 6.45) is 12.3. The Morgan fingerprint density at radius 3 is 2.60 bits per heavy atom. The van der Waals surface area contributed by atoms with Crippen LogP contribution in [0.1, 0.15) is 29.2 Å². The van der Waals surface area contributed by atoms with Crippen LogP contribution >= 0.6 is 0 Å². The first-order chi connectivity index (χ1) is 17.3. The minimum Gasteiger partial charge on any atom is -0.456 e. The van der Waals surface area contributed by atoms with Gasteiger partial charge in [-0.2, -0.15) is 5.26 Å².